The van der Waals surface area contributed by atoms with E-state index in [1.165, 1.54) is 16.8 Å². The highest BCUT2D eigenvalue weighted by molar-refractivity contribution is 4.91. The van der Waals surface area contributed by atoms with E-state index >= 15 is 0 Å². The molecule has 8 heteroatoms. The van der Waals surface area contributed by atoms with E-state index in [2.05, 4.69) is 4.98 Å². The van der Waals surface area contributed by atoms with Gasteiger partial charge in [0.25, 0.3) is 5.56 Å². The molecule has 18 heavy (non-hydrogen) atoms. The Morgan fingerprint density at radius 1 is 1.61 bits per heavy atom. The summed E-state index contributed by atoms with van der Waals surface area (Å²) in [7, 11) is 0. The van der Waals surface area contributed by atoms with Crippen LogP contribution in [0.2, 0.25) is 0 Å². The zero-order valence-electron chi connectivity index (χ0n) is 9.52. The number of nitrogens with zero attached hydrogens (tertiary/aromatic N) is 1. The van der Waals surface area contributed by atoms with Crippen LogP contribution >= 0.6 is 0 Å². The molecule has 2 heterocycles. The molecule has 0 saturated carbocycles. The molecular formula is C10H15N3O5. The predicted molar refractivity (Wildman–Crippen MR) is 60.9 cm³/mol. The summed E-state index contributed by atoms with van der Waals surface area (Å²) in [4.78, 5) is 24.6. The molecule has 1 aromatic heterocycles. The summed E-state index contributed by atoms with van der Waals surface area (Å²) in [5.74, 6) is 0. The van der Waals surface area contributed by atoms with Crippen molar-refractivity contribution in [1.82, 2.24) is 9.55 Å². The van der Waals surface area contributed by atoms with E-state index in [4.69, 9.17) is 15.6 Å². The molecule has 100 valence electrons. The number of aromatic nitrogens is 2. The molecule has 4 atom stereocenters. The van der Waals surface area contributed by atoms with Gasteiger partial charge in [-0.3, -0.25) is 14.3 Å². The molecule has 0 aromatic carbocycles. The summed E-state index contributed by atoms with van der Waals surface area (Å²) in [5, 5.41) is 18.4. The predicted octanol–water partition coefficient (Wildman–Crippen LogP) is -2.50. The van der Waals surface area contributed by atoms with Gasteiger partial charge in [-0.1, -0.05) is 0 Å². The third-order valence-electron chi connectivity index (χ3n) is 2.94. The van der Waals surface area contributed by atoms with Crippen LogP contribution < -0.4 is 17.0 Å². The Labute approximate surface area is 102 Å². The number of aliphatic hydroxyl groups excluding tert-OH is 2. The zero-order valence-corrected chi connectivity index (χ0v) is 9.52. The molecule has 5 N–H and O–H groups in total. The van der Waals surface area contributed by atoms with Crippen LogP contribution in [0.25, 0.3) is 0 Å². The lowest BCUT2D eigenvalue weighted by molar-refractivity contribution is -0.0781. The molecule has 1 fully saturated rings. The first-order valence-electron chi connectivity index (χ1n) is 5.54. The molecule has 8 nitrogen and oxygen atoms in total. The highest BCUT2D eigenvalue weighted by Crippen LogP contribution is 2.27. The second-order valence-corrected chi connectivity index (χ2v) is 4.22. The molecule has 2 rings (SSSR count). The average Bonchev–Trinajstić information content (AvgIpc) is 2.70. The minimum absolute atomic E-state index is 0.313. The maximum atomic E-state index is 11.6. The summed E-state index contributed by atoms with van der Waals surface area (Å²) in [6, 6.07) is 0.711. The van der Waals surface area contributed by atoms with Gasteiger partial charge in [0.15, 0.2) is 0 Å². The lowest BCUT2D eigenvalue weighted by atomic mass is 10.1. The standard InChI is InChI=1S/C10H15N3O5/c11-5-3-8(18-9(5)6(15)4-14)13-2-1-7(16)12-10(13)17/h1-2,5-6,8-9,14-15H,3-4,11H2,(H,12,16,17)/t5-,6-,8+,9?/m0/s1. The Morgan fingerprint density at radius 3 is 2.94 bits per heavy atom. The van der Waals surface area contributed by atoms with Crippen LogP contribution in [0.1, 0.15) is 12.6 Å². The first kappa shape index (κ1) is 13.0. The molecule has 0 amide bonds. The Morgan fingerprint density at radius 2 is 2.33 bits per heavy atom. The van der Waals surface area contributed by atoms with Crippen molar-refractivity contribution in [3.8, 4) is 0 Å². The van der Waals surface area contributed by atoms with E-state index in [0.717, 1.165) is 0 Å². The van der Waals surface area contributed by atoms with E-state index in [-0.39, 0.29) is 0 Å². The lowest BCUT2D eigenvalue weighted by Crippen LogP contribution is -2.41. The smallest absolute Gasteiger partial charge is 0.330 e. The molecule has 1 aromatic rings. The van der Waals surface area contributed by atoms with E-state index < -0.39 is 42.3 Å². The fraction of sp³-hybridized carbons (Fsp3) is 0.600. The maximum Gasteiger partial charge on any atom is 0.330 e. The van der Waals surface area contributed by atoms with Crippen molar-refractivity contribution in [2.75, 3.05) is 6.61 Å². The summed E-state index contributed by atoms with van der Waals surface area (Å²) < 4.78 is 6.64. The second kappa shape index (κ2) is 5.02. The maximum absolute atomic E-state index is 11.6. The molecule has 0 bridgehead atoms. The first-order valence-corrected chi connectivity index (χ1v) is 5.54. The summed E-state index contributed by atoms with van der Waals surface area (Å²) in [6.07, 6.45) is -0.863. The van der Waals surface area contributed by atoms with Crippen molar-refractivity contribution in [2.24, 2.45) is 5.73 Å². The number of H-pyrrole nitrogens is 1. The van der Waals surface area contributed by atoms with Crippen LogP contribution in [-0.4, -0.2) is 44.6 Å². The van der Waals surface area contributed by atoms with Crippen molar-refractivity contribution in [2.45, 2.75) is 30.9 Å². The molecule has 1 aliphatic heterocycles. The van der Waals surface area contributed by atoms with E-state index in [1.807, 2.05) is 0 Å². The van der Waals surface area contributed by atoms with Crippen molar-refractivity contribution >= 4 is 0 Å². The van der Waals surface area contributed by atoms with Crippen LogP contribution in [0.4, 0.5) is 0 Å². The normalized spacial score (nSPS) is 29.4. The minimum atomic E-state index is -1.09. The second-order valence-electron chi connectivity index (χ2n) is 4.22. The van der Waals surface area contributed by atoms with Crippen molar-refractivity contribution in [3.63, 3.8) is 0 Å². The number of hydrogen-bond donors (Lipinski definition) is 4. The van der Waals surface area contributed by atoms with Gasteiger partial charge in [-0.15, -0.1) is 0 Å². The van der Waals surface area contributed by atoms with Crippen molar-refractivity contribution in [1.29, 1.82) is 0 Å². The number of aromatic amines is 1. The van der Waals surface area contributed by atoms with Crippen LogP contribution in [0.3, 0.4) is 0 Å². The van der Waals surface area contributed by atoms with Gasteiger partial charge in [-0.2, -0.15) is 0 Å². The van der Waals surface area contributed by atoms with Crippen molar-refractivity contribution in [3.05, 3.63) is 33.1 Å². The third kappa shape index (κ3) is 2.36. The topological polar surface area (TPSA) is 131 Å². The first-order chi connectivity index (χ1) is 8.52. The molecule has 1 unspecified atom stereocenters. The zero-order chi connectivity index (χ0) is 13.3. The number of hydrogen-bond acceptors (Lipinski definition) is 6. The highest BCUT2D eigenvalue weighted by Gasteiger charge is 2.38. The quantitative estimate of drug-likeness (QED) is 0.473. The van der Waals surface area contributed by atoms with E-state index in [9.17, 15) is 14.7 Å². The van der Waals surface area contributed by atoms with Crippen LogP contribution in [0, 0.1) is 0 Å². The van der Waals surface area contributed by atoms with Gasteiger partial charge in [0.1, 0.15) is 18.4 Å². The summed E-state index contributed by atoms with van der Waals surface area (Å²) >= 11 is 0. The molecule has 0 aliphatic carbocycles. The van der Waals surface area contributed by atoms with Gasteiger partial charge in [-0.25, -0.2) is 4.79 Å². The van der Waals surface area contributed by atoms with Crippen LogP contribution in [-0.2, 0) is 4.74 Å². The fourth-order valence-electron chi connectivity index (χ4n) is 2.02. The molecular weight excluding hydrogens is 242 g/mol. The highest BCUT2D eigenvalue weighted by atomic mass is 16.5. The number of nitrogens with two attached hydrogens (primary N) is 1. The van der Waals surface area contributed by atoms with Crippen LogP contribution in [0.5, 0.6) is 0 Å². The van der Waals surface area contributed by atoms with Crippen molar-refractivity contribution < 1.29 is 14.9 Å². The minimum Gasteiger partial charge on any atom is -0.394 e. The Kier molecular flexibility index (Phi) is 3.62. The van der Waals surface area contributed by atoms with E-state index in [1.54, 1.807) is 0 Å². The Bertz CT molecular complexity index is 525. The number of ether oxygens (including phenoxy) is 1. The molecule has 1 aliphatic rings. The lowest BCUT2D eigenvalue weighted by Gasteiger charge is -2.20. The molecule has 1 saturated heterocycles. The average molecular weight is 257 g/mol. The van der Waals surface area contributed by atoms with Gasteiger partial charge in [0, 0.05) is 24.7 Å². The van der Waals surface area contributed by atoms with E-state index in [0.29, 0.717) is 6.42 Å². The summed E-state index contributed by atoms with van der Waals surface area (Å²) in [5.41, 5.74) is 4.69. The Balaban J connectivity index is 2.22. The number of rotatable bonds is 3. The number of nitrogens with one attached hydrogen (secondary N) is 1. The molecule has 0 spiro atoms. The van der Waals surface area contributed by atoms with Gasteiger partial charge in [0.05, 0.1) is 6.61 Å². The van der Waals surface area contributed by atoms with Crippen LogP contribution in [0.15, 0.2) is 21.9 Å². The van der Waals surface area contributed by atoms with Gasteiger partial charge in [-0.05, 0) is 0 Å². The SMILES string of the molecule is N[C@H]1C[C@H](n2ccc(=O)[nH]c2=O)OC1[C@@H](O)CO. The summed E-state index contributed by atoms with van der Waals surface area (Å²) in [6.45, 7) is -0.467. The largest absolute Gasteiger partial charge is 0.394 e. The monoisotopic (exact) mass is 257 g/mol. The fourth-order valence-corrected chi connectivity index (χ4v) is 2.02. The van der Waals surface area contributed by atoms with Gasteiger partial charge in [0.2, 0.25) is 0 Å². The van der Waals surface area contributed by atoms with Gasteiger partial charge >= 0.3 is 5.69 Å². The number of aliphatic hydroxyl groups is 2. The third-order valence-corrected chi connectivity index (χ3v) is 2.94. The van der Waals surface area contributed by atoms with Gasteiger partial charge < -0.3 is 20.7 Å². The molecule has 0 radical (unpaired) electrons. The Hall–Kier alpha value is -1.48.